The van der Waals surface area contributed by atoms with E-state index in [0.717, 1.165) is 32.5 Å². The van der Waals surface area contributed by atoms with Crippen molar-refractivity contribution in [1.82, 2.24) is 10.2 Å². The molecule has 3 rings (SSSR count). The van der Waals surface area contributed by atoms with E-state index in [-0.39, 0.29) is 29.4 Å². The van der Waals surface area contributed by atoms with Gasteiger partial charge in [0.2, 0.25) is 5.91 Å². The Morgan fingerprint density at radius 1 is 1.22 bits per heavy atom. The number of likely N-dealkylation sites (tertiary alicyclic amines) is 1. The predicted octanol–water partition coefficient (Wildman–Crippen LogP) is 1.20. The molecule has 0 spiro atoms. The molecule has 2 saturated heterocycles. The number of nitrogens with zero attached hydrogens (tertiary/aromatic N) is 1. The summed E-state index contributed by atoms with van der Waals surface area (Å²) in [6.45, 7) is 2.77. The molecule has 23 heavy (non-hydrogen) atoms. The Kier molecular flexibility index (Phi) is 5.02. The molecule has 2 aliphatic heterocycles. The summed E-state index contributed by atoms with van der Waals surface area (Å²) in [7, 11) is -3.00. The zero-order valence-electron chi connectivity index (χ0n) is 13.3. The van der Waals surface area contributed by atoms with E-state index in [1.807, 2.05) is 18.2 Å². The first-order valence-corrected chi connectivity index (χ1v) is 10.1. The van der Waals surface area contributed by atoms with Crippen molar-refractivity contribution in [2.75, 3.05) is 24.6 Å². The number of piperidine rings is 1. The van der Waals surface area contributed by atoms with Crippen molar-refractivity contribution in [2.45, 2.75) is 31.8 Å². The largest absolute Gasteiger partial charge is 0.352 e. The third-order valence-corrected chi connectivity index (χ3v) is 6.47. The molecule has 2 aliphatic rings. The van der Waals surface area contributed by atoms with Crippen molar-refractivity contribution in [3.8, 4) is 0 Å². The Hall–Kier alpha value is -1.40. The number of benzene rings is 1. The van der Waals surface area contributed by atoms with Gasteiger partial charge in [-0.15, -0.1) is 0 Å². The van der Waals surface area contributed by atoms with E-state index in [9.17, 15) is 13.2 Å². The minimum absolute atomic E-state index is 0.0132. The summed E-state index contributed by atoms with van der Waals surface area (Å²) in [6, 6.07) is 10.5. The average molecular weight is 336 g/mol. The number of amides is 1. The van der Waals surface area contributed by atoms with Crippen LogP contribution >= 0.6 is 0 Å². The molecule has 0 radical (unpaired) electrons. The number of carbonyl (C=O) groups excluding carboxylic acids is 1. The van der Waals surface area contributed by atoms with Gasteiger partial charge >= 0.3 is 0 Å². The monoisotopic (exact) mass is 336 g/mol. The lowest BCUT2D eigenvalue weighted by Crippen LogP contribution is -2.49. The van der Waals surface area contributed by atoms with E-state index in [4.69, 9.17) is 0 Å². The number of carbonyl (C=O) groups is 1. The van der Waals surface area contributed by atoms with E-state index in [1.165, 1.54) is 5.56 Å². The average Bonchev–Trinajstić information content (AvgIpc) is 2.89. The van der Waals surface area contributed by atoms with Gasteiger partial charge in [-0.3, -0.25) is 9.69 Å². The molecule has 6 heteroatoms. The first kappa shape index (κ1) is 16.5. The SMILES string of the molecule is O=C(NC1CCCN(Cc2ccccc2)C1)C1CCS(=O)(=O)C1. The van der Waals surface area contributed by atoms with Crippen LogP contribution in [-0.4, -0.2) is 49.9 Å². The van der Waals surface area contributed by atoms with Crippen molar-refractivity contribution in [3.63, 3.8) is 0 Å². The molecule has 2 unspecified atom stereocenters. The molecule has 1 N–H and O–H groups in total. The van der Waals surface area contributed by atoms with Gasteiger partial charge in [-0.2, -0.15) is 0 Å². The van der Waals surface area contributed by atoms with Gasteiger partial charge in [0.15, 0.2) is 9.84 Å². The van der Waals surface area contributed by atoms with Crippen LogP contribution in [0.5, 0.6) is 0 Å². The maximum Gasteiger partial charge on any atom is 0.224 e. The summed E-state index contributed by atoms with van der Waals surface area (Å²) in [5, 5.41) is 3.07. The minimum Gasteiger partial charge on any atom is -0.352 e. The van der Waals surface area contributed by atoms with Crippen LogP contribution in [0.25, 0.3) is 0 Å². The van der Waals surface area contributed by atoms with Gasteiger partial charge in [0.05, 0.1) is 17.4 Å². The quantitative estimate of drug-likeness (QED) is 0.897. The van der Waals surface area contributed by atoms with E-state index in [0.29, 0.717) is 6.42 Å². The topological polar surface area (TPSA) is 66.5 Å². The van der Waals surface area contributed by atoms with Crippen molar-refractivity contribution in [1.29, 1.82) is 0 Å². The van der Waals surface area contributed by atoms with Gasteiger partial charge in [0.25, 0.3) is 0 Å². The highest BCUT2D eigenvalue weighted by Crippen LogP contribution is 2.20. The van der Waals surface area contributed by atoms with Crippen LogP contribution in [0.1, 0.15) is 24.8 Å². The molecule has 5 nitrogen and oxygen atoms in total. The van der Waals surface area contributed by atoms with Crippen LogP contribution < -0.4 is 5.32 Å². The van der Waals surface area contributed by atoms with E-state index in [1.54, 1.807) is 0 Å². The minimum atomic E-state index is -3.00. The van der Waals surface area contributed by atoms with E-state index < -0.39 is 9.84 Å². The van der Waals surface area contributed by atoms with Crippen LogP contribution in [0.3, 0.4) is 0 Å². The Morgan fingerprint density at radius 3 is 2.70 bits per heavy atom. The fourth-order valence-electron chi connectivity index (χ4n) is 3.48. The van der Waals surface area contributed by atoms with Gasteiger partial charge in [-0.05, 0) is 31.4 Å². The lowest BCUT2D eigenvalue weighted by molar-refractivity contribution is -0.125. The van der Waals surface area contributed by atoms with Crippen LogP contribution in [-0.2, 0) is 21.2 Å². The fourth-order valence-corrected chi connectivity index (χ4v) is 5.22. The molecule has 0 aromatic heterocycles. The van der Waals surface area contributed by atoms with Crippen molar-refractivity contribution < 1.29 is 13.2 Å². The third kappa shape index (κ3) is 4.54. The van der Waals surface area contributed by atoms with Crippen LogP contribution in [0.2, 0.25) is 0 Å². The Bertz CT molecular complexity index is 645. The van der Waals surface area contributed by atoms with Crippen molar-refractivity contribution in [2.24, 2.45) is 5.92 Å². The molecular formula is C17H24N2O3S. The second-order valence-electron chi connectivity index (χ2n) is 6.67. The lowest BCUT2D eigenvalue weighted by atomic mass is 10.0. The summed E-state index contributed by atoms with van der Waals surface area (Å²) >= 11 is 0. The Labute approximate surface area is 138 Å². The molecule has 2 fully saturated rings. The predicted molar refractivity (Wildman–Crippen MR) is 89.6 cm³/mol. The third-order valence-electron chi connectivity index (χ3n) is 4.70. The molecule has 0 bridgehead atoms. The molecular weight excluding hydrogens is 312 g/mol. The number of nitrogens with one attached hydrogen (secondary N) is 1. The maximum absolute atomic E-state index is 12.3. The zero-order chi connectivity index (χ0) is 16.3. The van der Waals surface area contributed by atoms with Gasteiger partial charge in [-0.25, -0.2) is 8.42 Å². The van der Waals surface area contributed by atoms with Gasteiger partial charge < -0.3 is 5.32 Å². The molecule has 2 heterocycles. The van der Waals surface area contributed by atoms with Crippen molar-refractivity contribution >= 4 is 15.7 Å². The van der Waals surface area contributed by atoms with Gasteiger partial charge in [-0.1, -0.05) is 30.3 Å². The molecule has 1 amide bonds. The second kappa shape index (κ2) is 7.01. The molecule has 2 atom stereocenters. The molecule has 0 aliphatic carbocycles. The normalized spacial score (nSPS) is 27.7. The van der Waals surface area contributed by atoms with Crippen LogP contribution in [0, 0.1) is 5.92 Å². The molecule has 1 aromatic carbocycles. The first-order valence-electron chi connectivity index (χ1n) is 8.29. The van der Waals surface area contributed by atoms with Crippen LogP contribution in [0.15, 0.2) is 30.3 Å². The van der Waals surface area contributed by atoms with E-state index >= 15 is 0 Å². The molecule has 0 saturated carbocycles. The van der Waals surface area contributed by atoms with Gasteiger partial charge in [0.1, 0.15) is 0 Å². The highest BCUT2D eigenvalue weighted by atomic mass is 32.2. The Balaban J connectivity index is 1.51. The Morgan fingerprint density at radius 2 is 2.00 bits per heavy atom. The highest BCUT2D eigenvalue weighted by Gasteiger charge is 2.34. The number of rotatable bonds is 4. The number of hydrogen-bond donors (Lipinski definition) is 1. The van der Waals surface area contributed by atoms with Crippen LogP contribution in [0.4, 0.5) is 0 Å². The summed E-state index contributed by atoms with van der Waals surface area (Å²) < 4.78 is 23.0. The number of sulfone groups is 1. The standard InChI is InChI=1S/C17H24N2O3S/c20-17(15-8-10-23(21,22)13-15)18-16-7-4-9-19(12-16)11-14-5-2-1-3-6-14/h1-3,5-6,15-16H,4,7-13H2,(H,18,20). The highest BCUT2D eigenvalue weighted by molar-refractivity contribution is 7.91. The lowest BCUT2D eigenvalue weighted by Gasteiger charge is -2.33. The summed E-state index contributed by atoms with van der Waals surface area (Å²) in [5.41, 5.74) is 1.28. The second-order valence-corrected chi connectivity index (χ2v) is 8.90. The summed E-state index contributed by atoms with van der Waals surface area (Å²) in [4.78, 5) is 14.6. The smallest absolute Gasteiger partial charge is 0.224 e. The molecule has 126 valence electrons. The fraction of sp³-hybridized carbons (Fsp3) is 0.588. The molecule has 1 aromatic rings. The maximum atomic E-state index is 12.3. The summed E-state index contributed by atoms with van der Waals surface area (Å²) in [6.07, 6.45) is 2.49. The first-order chi connectivity index (χ1) is 11.0. The van der Waals surface area contributed by atoms with Gasteiger partial charge in [0, 0.05) is 19.1 Å². The zero-order valence-corrected chi connectivity index (χ0v) is 14.1. The number of hydrogen-bond acceptors (Lipinski definition) is 4. The summed E-state index contributed by atoms with van der Waals surface area (Å²) in [5.74, 6) is -0.281. The van der Waals surface area contributed by atoms with E-state index in [2.05, 4.69) is 22.3 Å². The van der Waals surface area contributed by atoms with Crippen molar-refractivity contribution in [3.05, 3.63) is 35.9 Å².